The van der Waals surface area contributed by atoms with E-state index in [4.69, 9.17) is 15.0 Å². The molecule has 0 aliphatic carbocycles. The molecule has 3 heterocycles. The lowest BCUT2D eigenvalue weighted by atomic mass is 9.79. The first kappa shape index (κ1) is 45.3. The number of aromatic hydroxyl groups is 1. The van der Waals surface area contributed by atoms with E-state index >= 15 is 0 Å². The lowest BCUT2D eigenvalue weighted by Crippen LogP contribution is -2.17. The summed E-state index contributed by atoms with van der Waals surface area (Å²) >= 11 is 1.76. The minimum atomic E-state index is -0.332. The van der Waals surface area contributed by atoms with Crippen molar-refractivity contribution in [2.24, 2.45) is 0 Å². The number of aryl methyl sites for hydroxylation is 1. The summed E-state index contributed by atoms with van der Waals surface area (Å²) in [5, 5.41) is 15.1. The van der Waals surface area contributed by atoms with Gasteiger partial charge in [0.2, 0.25) is 0 Å². The van der Waals surface area contributed by atoms with Crippen LogP contribution in [0.1, 0.15) is 111 Å². The van der Waals surface area contributed by atoms with Gasteiger partial charge < -0.3 is 5.11 Å². The van der Waals surface area contributed by atoms with Crippen LogP contribution in [0.3, 0.4) is 0 Å². The molecule has 0 fully saturated rings. The van der Waals surface area contributed by atoms with Gasteiger partial charge in [-0.15, -0.1) is 0 Å². The molecule has 0 unspecified atom stereocenters. The van der Waals surface area contributed by atoms with E-state index in [1.54, 1.807) is 18.1 Å². The Hall–Kier alpha value is -6.50. The fraction of sp³-hybridized carbons (Fsp3) is 0.274. The third-order valence-corrected chi connectivity index (χ3v) is 14.8. The Bertz CT molecular complexity index is 3480. The standard InChI is InChI=1S/C62H62N4OS/c1-36-27-38-21-17-24-51-52(38)46(28-36)55-57(68-51)53(63-35-64-55)40-29-39(30-42(31-40)60(5,6)7)44-22-18-23-50-54(44)65-58(47-33-43(61(8,9)10)34-48(56(47)67)62(11,12)13)66(50)49-26-25-41(59(2,3)4)32-45(49)37-19-15-14-16-20-37/h14-35,67H,1-13H3. The summed E-state index contributed by atoms with van der Waals surface area (Å²) in [6.07, 6.45) is 1.73. The fourth-order valence-electron chi connectivity index (χ4n) is 9.76. The minimum absolute atomic E-state index is 0.0805. The highest BCUT2D eigenvalue weighted by atomic mass is 32.2. The van der Waals surface area contributed by atoms with E-state index in [-0.39, 0.29) is 27.4 Å². The van der Waals surface area contributed by atoms with Crippen LogP contribution in [-0.2, 0) is 21.7 Å². The van der Waals surface area contributed by atoms with Gasteiger partial charge in [-0.2, -0.15) is 0 Å². The van der Waals surface area contributed by atoms with Gasteiger partial charge in [0.15, 0.2) is 0 Å². The molecule has 0 spiro atoms. The zero-order valence-corrected chi connectivity index (χ0v) is 42.7. The molecule has 9 aromatic rings. The van der Waals surface area contributed by atoms with Crippen molar-refractivity contribution in [3.05, 3.63) is 162 Å². The number of hydrogen-bond donors (Lipinski definition) is 1. The maximum Gasteiger partial charge on any atom is 0.149 e. The van der Waals surface area contributed by atoms with Crippen molar-refractivity contribution >= 4 is 33.6 Å². The summed E-state index contributed by atoms with van der Waals surface area (Å²) in [6, 6.07) is 46.5. The van der Waals surface area contributed by atoms with Crippen LogP contribution in [0.15, 0.2) is 144 Å². The summed E-state index contributed by atoms with van der Waals surface area (Å²) in [7, 11) is 0. The minimum Gasteiger partial charge on any atom is -0.507 e. The monoisotopic (exact) mass is 910 g/mol. The zero-order chi connectivity index (χ0) is 48.2. The van der Waals surface area contributed by atoms with E-state index in [0.717, 1.165) is 77.5 Å². The third kappa shape index (κ3) is 7.90. The molecule has 0 amide bonds. The summed E-state index contributed by atoms with van der Waals surface area (Å²) in [6.45, 7) is 29.0. The van der Waals surface area contributed by atoms with E-state index in [1.807, 2.05) is 0 Å². The highest BCUT2D eigenvalue weighted by Gasteiger charge is 2.31. The molecule has 1 aliphatic rings. The number of aromatic nitrogens is 4. The van der Waals surface area contributed by atoms with Gasteiger partial charge in [0.05, 0.1) is 38.6 Å². The Kier molecular flexibility index (Phi) is 10.7. The van der Waals surface area contributed by atoms with Crippen LogP contribution < -0.4 is 0 Å². The summed E-state index contributed by atoms with van der Waals surface area (Å²) in [5.41, 5.74) is 16.8. The van der Waals surface area contributed by atoms with Gasteiger partial charge in [-0.25, -0.2) is 15.0 Å². The molecule has 0 saturated carbocycles. The van der Waals surface area contributed by atoms with Gasteiger partial charge in [0.1, 0.15) is 17.9 Å². The van der Waals surface area contributed by atoms with Gasteiger partial charge in [0.25, 0.3) is 0 Å². The zero-order valence-electron chi connectivity index (χ0n) is 41.8. The van der Waals surface area contributed by atoms with Crippen molar-refractivity contribution in [1.29, 1.82) is 0 Å². The SMILES string of the molecule is Cc1cc2c3c(cccc3c1)Sc1c(-c3cc(-c4cccc5c4nc(-c4cc(C(C)(C)C)cc(C(C)(C)C)c4O)n5-c4ccc(C(C)(C)C)cc4-c4ccccc4)cc(C(C)(C)C)c3)ncnc1-2. The van der Waals surface area contributed by atoms with Crippen molar-refractivity contribution in [2.75, 3.05) is 0 Å². The molecule has 10 rings (SSSR count). The first-order valence-corrected chi connectivity index (χ1v) is 24.7. The average molecular weight is 911 g/mol. The lowest BCUT2D eigenvalue weighted by molar-refractivity contribution is 0.446. The fourth-order valence-corrected chi connectivity index (χ4v) is 11.0. The first-order valence-electron chi connectivity index (χ1n) is 23.9. The summed E-state index contributed by atoms with van der Waals surface area (Å²) in [5.74, 6) is 0.950. The number of phenols is 1. The molecule has 342 valence electrons. The van der Waals surface area contributed by atoms with Gasteiger partial charge in [-0.1, -0.05) is 174 Å². The normalized spacial score (nSPS) is 13.1. The van der Waals surface area contributed by atoms with Gasteiger partial charge in [-0.05, 0) is 116 Å². The molecule has 0 saturated heterocycles. The Morgan fingerprint density at radius 2 is 1.18 bits per heavy atom. The van der Waals surface area contributed by atoms with Crippen LogP contribution in [0.4, 0.5) is 0 Å². The topological polar surface area (TPSA) is 63.8 Å². The molecule has 0 radical (unpaired) electrons. The molecule has 68 heavy (non-hydrogen) atoms. The number of rotatable bonds is 5. The Labute approximate surface area is 406 Å². The van der Waals surface area contributed by atoms with Crippen LogP contribution in [0.25, 0.3) is 83.6 Å². The highest BCUT2D eigenvalue weighted by Crippen LogP contribution is 2.51. The number of imidazole rings is 1. The predicted octanol–water partition coefficient (Wildman–Crippen LogP) is 17.0. The highest BCUT2D eigenvalue weighted by molar-refractivity contribution is 8.00. The molecule has 0 atom stereocenters. The molecular formula is C62H62N4OS. The van der Waals surface area contributed by atoms with Gasteiger partial charge in [0, 0.05) is 38.1 Å². The quantitative estimate of drug-likeness (QED) is 0.186. The van der Waals surface area contributed by atoms with Crippen LogP contribution >= 0.6 is 11.8 Å². The van der Waals surface area contributed by atoms with Crippen LogP contribution in [0.2, 0.25) is 0 Å². The van der Waals surface area contributed by atoms with E-state index in [0.29, 0.717) is 11.4 Å². The second-order valence-corrected chi connectivity index (χ2v) is 24.0. The Morgan fingerprint density at radius 3 is 1.88 bits per heavy atom. The second kappa shape index (κ2) is 16.1. The summed E-state index contributed by atoms with van der Waals surface area (Å²) in [4.78, 5) is 18.1. The average Bonchev–Trinajstić information content (AvgIpc) is 3.67. The molecular weight excluding hydrogens is 849 g/mol. The summed E-state index contributed by atoms with van der Waals surface area (Å²) < 4.78 is 2.30. The number of fused-ring (bicyclic) bond motifs is 3. The maximum absolute atomic E-state index is 12.6. The number of hydrogen-bond acceptors (Lipinski definition) is 5. The van der Waals surface area contributed by atoms with Gasteiger partial charge >= 0.3 is 0 Å². The number of nitrogens with zero attached hydrogens (tertiary/aromatic N) is 4. The molecule has 5 nitrogen and oxygen atoms in total. The Balaban J connectivity index is 1.28. The molecule has 0 bridgehead atoms. The van der Waals surface area contributed by atoms with Crippen LogP contribution in [-0.4, -0.2) is 24.6 Å². The predicted molar refractivity (Wildman–Crippen MR) is 287 cm³/mol. The first-order chi connectivity index (χ1) is 32.1. The molecule has 2 aromatic heterocycles. The van der Waals surface area contributed by atoms with E-state index in [1.165, 1.54) is 32.4 Å². The van der Waals surface area contributed by atoms with Crippen molar-refractivity contribution in [2.45, 2.75) is 121 Å². The van der Waals surface area contributed by atoms with E-state index in [2.05, 4.69) is 222 Å². The van der Waals surface area contributed by atoms with Crippen LogP contribution in [0, 0.1) is 6.92 Å². The van der Waals surface area contributed by atoms with Gasteiger partial charge in [-0.3, -0.25) is 4.57 Å². The molecule has 1 aliphatic heterocycles. The molecule has 1 N–H and O–H groups in total. The van der Waals surface area contributed by atoms with E-state index < -0.39 is 0 Å². The largest absolute Gasteiger partial charge is 0.507 e. The molecule has 6 heteroatoms. The Morgan fingerprint density at radius 1 is 0.515 bits per heavy atom. The lowest BCUT2D eigenvalue weighted by Gasteiger charge is -2.28. The van der Waals surface area contributed by atoms with Crippen molar-refractivity contribution in [1.82, 2.24) is 19.5 Å². The smallest absolute Gasteiger partial charge is 0.149 e. The van der Waals surface area contributed by atoms with Crippen molar-refractivity contribution in [3.8, 4) is 67.6 Å². The van der Waals surface area contributed by atoms with Crippen molar-refractivity contribution in [3.63, 3.8) is 0 Å². The number of phenolic OH excluding ortho intramolecular Hbond substituents is 1. The van der Waals surface area contributed by atoms with Crippen molar-refractivity contribution < 1.29 is 5.11 Å². The number of benzene rings is 7. The van der Waals surface area contributed by atoms with Crippen LogP contribution in [0.5, 0.6) is 5.75 Å². The van der Waals surface area contributed by atoms with E-state index in [9.17, 15) is 5.11 Å². The number of para-hydroxylation sites is 1. The second-order valence-electron chi connectivity index (χ2n) is 22.9. The molecule has 7 aromatic carbocycles. The maximum atomic E-state index is 12.6. The third-order valence-electron chi connectivity index (χ3n) is 13.6.